The van der Waals surface area contributed by atoms with Gasteiger partial charge < -0.3 is 10.2 Å². The quantitative estimate of drug-likeness (QED) is 0.228. The van der Waals surface area contributed by atoms with Crippen molar-refractivity contribution in [3.8, 4) is 0 Å². The van der Waals surface area contributed by atoms with E-state index in [-0.39, 0.29) is 23.8 Å². The molecule has 0 aliphatic rings. The molecule has 4 rings (SSSR count). The van der Waals surface area contributed by atoms with Crippen LogP contribution in [0.5, 0.6) is 0 Å². The van der Waals surface area contributed by atoms with E-state index in [1.165, 1.54) is 24.1 Å². The molecule has 7 nitrogen and oxygen atoms in total. The molecule has 0 aromatic heterocycles. The molecule has 0 spiro atoms. The zero-order valence-electron chi connectivity index (χ0n) is 23.8. The zero-order chi connectivity index (χ0) is 30.3. The summed E-state index contributed by atoms with van der Waals surface area (Å²) >= 11 is 3.43. The van der Waals surface area contributed by atoms with Gasteiger partial charge in [0.1, 0.15) is 12.6 Å². The zero-order valence-corrected chi connectivity index (χ0v) is 26.2. The van der Waals surface area contributed by atoms with Crippen molar-refractivity contribution in [2.75, 3.05) is 17.9 Å². The third kappa shape index (κ3) is 7.46. The molecule has 42 heavy (non-hydrogen) atoms. The highest BCUT2D eigenvalue weighted by molar-refractivity contribution is 9.10. The van der Waals surface area contributed by atoms with Crippen molar-refractivity contribution in [1.29, 1.82) is 0 Å². The second-order valence-corrected chi connectivity index (χ2v) is 12.9. The van der Waals surface area contributed by atoms with Gasteiger partial charge in [-0.1, -0.05) is 94.3 Å². The summed E-state index contributed by atoms with van der Waals surface area (Å²) in [5, 5.41) is 2.70. The Morgan fingerprint density at radius 1 is 0.857 bits per heavy atom. The molecule has 0 aliphatic heterocycles. The minimum Gasteiger partial charge on any atom is -0.357 e. The minimum absolute atomic E-state index is 0.0680. The van der Waals surface area contributed by atoms with Gasteiger partial charge in [0.25, 0.3) is 10.0 Å². The van der Waals surface area contributed by atoms with Gasteiger partial charge >= 0.3 is 0 Å². The molecule has 2 amide bonds. The number of hydrogen-bond donors (Lipinski definition) is 1. The number of likely N-dealkylation sites (N-methyl/N-ethyl adjacent to an activating group) is 1. The third-order valence-corrected chi connectivity index (χ3v) is 9.38. The number of halogens is 1. The first-order chi connectivity index (χ1) is 20.1. The summed E-state index contributed by atoms with van der Waals surface area (Å²) in [5.74, 6) is -0.838. The van der Waals surface area contributed by atoms with Crippen LogP contribution in [0.2, 0.25) is 0 Å². The number of benzene rings is 4. The lowest BCUT2D eigenvalue weighted by molar-refractivity contribution is -0.139. The van der Waals surface area contributed by atoms with E-state index in [0.717, 1.165) is 26.6 Å². The van der Waals surface area contributed by atoms with E-state index in [4.69, 9.17) is 0 Å². The van der Waals surface area contributed by atoms with Crippen LogP contribution >= 0.6 is 15.9 Å². The summed E-state index contributed by atoms with van der Waals surface area (Å²) in [5.41, 5.74) is 3.95. The van der Waals surface area contributed by atoms with Gasteiger partial charge in [0.2, 0.25) is 11.8 Å². The minimum atomic E-state index is -4.14. The fourth-order valence-corrected chi connectivity index (χ4v) is 6.48. The lowest BCUT2D eigenvalue weighted by atomic mass is 10.0. The van der Waals surface area contributed by atoms with Crippen LogP contribution in [0.25, 0.3) is 0 Å². The number of carbonyl (C=O) groups excluding carboxylic acids is 2. The molecule has 0 radical (unpaired) electrons. The van der Waals surface area contributed by atoms with Gasteiger partial charge in [-0.2, -0.15) is 0 Å². The molecular formula is C33H34BrN3O4S. The SMILES string of the molecule is CNC(=O)C(Cc1ccccc1)N(Cc1ccccc1C)C(=O)CN(c1cccc(Br)c1)S(=O)(=O)c1ccc(C)cc1. The van der Waals surface area contributed by atoms with Gasteiger partial charge in [0.15, 0.2) is 0 Å². The molecule has 1 atom stereocenters. The van der Waals surface area contributed by atoms with Gasteiger partial charge in [-0.05, 0) is 60.9 Å². The van der Waals surface area contributed by atoms with E-state index in [1.54, 1.807) is 36.4 Å². The molecule has 218 valence electrons. The van der Waals surface area contributed by atoms with E-state index in [2.05, 4.69) is 21.2 Å². The first kappa shape index (κ1) is 31.0. The van der Waals surface area contributed by atoms with Crippen molar-refractivity contribution in [3.05, 3.63) is 130 Å². The predicted molar refractivity (Wildman–Crippen MR) is 170 cm³/mol. The van der Waals surface area contributed by atoms with Gasteiger partial charge in [-0.3, -0.25) is 13.9 Å². The molecule has 1 unspecified atom stereocenters. The molecule has 4 aromatic rings. The van der Waals surface area contributed by atoms with Gasteiger partial charge in [-0.15, -0.1) is 0 Å². The van der Waals surface area contributed by atoms with Gasteiger partial charge in [0.05, 0.1) is 10.6 Å². The van der Waals surface area contributed by atoms with Crippen molar-refractivity contribution in [2.45, 2.75) is 37.8 Å². The van der Waals surface area contributed by atoms with Crippen LogP contribution < -0.4 is 9.62 Å². The summed E-state index contributed by atoms with van der Waals surface area (Å²) in [4.78, 5) is 29.2. The molecule has 0 saturated heterocycles. The molecule has 0 bridgehead atoms. The van der Waals surface area contributed by atoms with Crippen molar-refractivity contribution >= 4 is 43.5 Å². The number of anilines is 1. The van der Waals surface area contributed by atoms with Crippen LogP contribution in [-0.2, 0) is 32.6 Å². The Bertz CT molecular complexity index is 1640. The van der Waals surface area contributed by atoms with Crippen LogP contribution in [0.4, 0.5) is 5.69 Å². The Morgan fingerprint density at radius 2 is 1.52 bits per heavy atom. The number of sulfonamides is 1. The Morgan fingerprint density at radius 3 is 2.17 bits per heavy atom. The fourth-order valence-electron chi connectivity index (χ4n) is 4.69. The second-order valence-electron chi connectivity index (χ2n) is 10.1. The Labute approximate surface area is 256 Å². The van der Waals surface area contributed by atoms with Crippen LogP contribution in [0.1, 0.15) is 22.3 Å². The van der Waals surface area contributed by atoms with Crippen molar-refractivity contribution < 1.29 is 18.0 Å². The molecule has 0 aliphatic carbocycles. The number of aryl methyl sites for hydroxylation is 2. The highest BCUT2D eigenvalue weighted by Gasteiger charge is 2.34. The first-order valence-corrected chi connectivity index (χ1v) is 15.8. The van der Waals surface area contributed by atoms with Gasteiger partial charge in [-0.25, -0.2) is 8.42 Å². The van der Waals surface area contributed by atoms with Gasteiger partial charge in [0, 0.05) is 24.5 Å². The van der Waals surface area contributed by atoms with E-state index in [9.17, 15) is 18.0 Å². The molecule has 0 saturated carbocycles. The normalized spacial score (nSPS) is 11.9. The second kappa shape index (κ2) is 13.8. The number of carbonyl (C=O) groups is 2. The summed E-state index contributed by atoms with van der Waals surface area (Å²) < 4.78 is 29.9. The monoisotopic (exact) mass is 647 g/mol. The number of rotatable bonds is 11. The van der Waals surface area contributed by atoms with Crippen LogP contribution in [-0.4, -0.2) is 44.8 Å². The predicted octanol–water partition coefficient (Wildman–Crippen LogP) is 5.65. The highest BCUT2D eigenvalue weighted by Crippen LogP contribution is 2.27. The summed E-state index contributed by atoms with van der Waals surface area (Å²) in [6.45, 7) is 3.45. The maximum absolute atomic E-state index is 14.3. The Hall–Kier alpha value is -3.95. The standard InChI is InChI=1S/C33H34BrN3O4S/c1-24-16-18-30(19-17-24)42(40,41)37(29-15-9-14-28(34)21-29)23-32(38)36(22-27-13-8-7-10-25(27)2)31(33(39)35-3)20-26-11-5-4-6-12-26/h4-19,21,31H,20,22-23H2,1-3H3,(H,35,39). The van der Waals surface area contributed by atoms with E-state index in [0.29, 0.717) is 10.2 Å². The maximum Gasteiger partial charge on any atom is 0.264 e. The summed E-state index contributed by atoms with van der Waals surface area (Å²) in [7, 11) is -2.61. The van der Waals surface area contributed by atoms with Crippen LogP contribution in [0.3, 0.4) is 0 Å². The lowest BCUT2D eigenvalue weighted by Gasteiger charge is -2.34. The summed E-state index contributed by atoms with van der Waals surface area (Å²) in [6.07, 6.45) is 0.264. The van der Waals surface area contributed by atoms with Crippen molar-refractivity contribution in [1.82, 2.24) is 10.2 Å². The molecule has 4 aromatic carbocycles. The molecule has 1 N–H and O–H groups in total. The third-order valence-electron chi connectivity index (χ3n) is 7.10. The van der Waals surface area contributed by atoms with Crippen molar-refractivity contribution in [3.63, 3.8) is 0 Å². The number of nitrogens with one attached hydrogen (secondary N) is 1. The smallest absolute Gasteiger partial charge is 0.264 e. The van der Waals surface area contributed by atoms with E-state index >= 15 is 0 Å². The van der Waals surface area contributed by atoms with Crippen LogP contribution in [0, 0.1) is 13.8 Å². The Balaban J connectivity index is 1.80. The number of nitrogens with zero attached hydrogens (tertiary/aromatic N) is 2. The highest BCUT2D eigenvalue weighted by atomic mass is 79.9. The Kier molecular flexibility index (Phi) is 10.2. The maximum atomic E-state index is 14.3. The summed E-state index contributed by atoms with van der Waals surface area (Å²) in [6, 6.07) is 29.6. The van der Waals surface area contributed by atoms with Crippen molar-refractivity contribution in [2.24, 2.45) is 0 Å². The first-order valence-electron chi connectivity index (χ1n) is 13.5. The molecule has 9 heteroatoms. The largest absolute Gasteiger partial charge is 0.357 e. The number of hydrogen-bond acceptors (Lipinski definition) is 4. The molecule has 0 heterocycles. The van der Waals surface area contributed by atoms with E-state index in [1.807, 2.05) is 68.4 Å². The topological polar surface area (TPSA) is 86.8 Å². The van der Waals surface area contributed by atoms with E-state index < -0.39 is 28.5 Å². The van der Waals surface area contributed by atoms with Crippen LogP contribution in [0.15, 0.2) is 112 Å². The average Bonchev–Trinajstić information content (AvgIpc) is 2.98. The number of amides is 2. The molecule has 0 fully saturated rings. The fraction of sp³-hybridized carbons (Fsp3) is 0.212. The lowest BCUT2D eigenvalue weighted by Crippen LogP contribution is -2.53. The average molecular weight is 649 g/mol. The molecular weight excluding hydrogens is 614 g/mol.